The lowest BCUT2D eigenvalue weighted by Crippen LogP contribution is -2.29. The summed E-state index contributed by atoms with van der Waals surface area (Å²) in [5, 5.41) is -0.311. The van der Waals surface area contributed by atoms with Crippen molar-refractivity contribution in [3.63, 3.8) is 0 Å². The van der Waals surface area contributed by atoms with Gasteiger partial charge in [0.15, 0.2) is 0 Å². The lowest BCUT2D eigenvalue weighted by atomic mass is 9.83. The molecule has 1 fully saturated rings. The summed E-state index contributed by atoms with van der Waals surface area (Å²) in [5.74, 6) is 0.264. The molecular weight excluding hydrogens is 251 g/mol. The lowest BCUT2D eigenvalue weighted by molar-refractivity contribution is 0.0943. The summed E-state index contributed by atoms with van der Waals surface area (Å²) < 4.78 is 0. The van der Waals surface area contributed by atoms with E-state index in [1.165, 1.54) is 5.56 Å². The summed E-state index contributed by atoms with van der Waals surface area (Å²) in [6, 6.07) is 6.28. The standard InChI is InChI=1S/C17H24OP/c1-12-11-13(16(2,3)4)7-8-14(12)15(18)17(19)9-5-6-10-17/h7-8,11,19H,5-6,9-10H2,1-4H3/q-1. The number of Topliss-reactive ketones (excluding diaryl/α,β-unsaturated/α-hetero) is 1. The third-order valence-corrected chi connectivity index (χ3v) is 4.96. The van der Waals surface area contributed by atoms with Crippen LogP contribution in [0.2, 0.25) is 0 Å². The van der Waals surface area contributed by atoms with Crippen molar-refractivity contribution in [2.45, 2.75) is 63.9 Å². The maximum absolute atomic E-state index is 12.7. The number of aryl methyl sites for hydroxylation is 1. The molecule has 1 saturated carbocycles. The van der Waals surface area contributed by atoms with E-state index in [-0.39, 0.29) is 16.4 Å². The molecule has 1 aromatic rings. The number of hydrogen-bond donors (Lipinski definition) is 0. The molecule has 19 heavy (non-hydrogen) atoms. The van der Waals surface area contributed by atoms with Crippen LogP contribution in [0, 0.1) is 6.92 Å². The third-order valence-electron chi connectivity index (χ3n) is 4.23. The van der Waals surface area contributed by atoms with E-state index in [9.17, 15) is 4.79 Å². The summed E-state index contributed by atoms with van der Waals surface area (Å²) in [7, 11) is 3.75. The van der Waals surface area contributed by atoms with Gasteiger partial charge >= 0.3 is 0 Å². The van der Waals surface area contributed by atoms with Crippen LogP contribution in [0.3, 0.4) is 0 Å². The molecule has 0 bridgehead atoms. The van der Waals surface area contributed by atoms with Crippen molar-refractivity contribution in [2.24, 2.45) is 0 Å². The maximum Gasteiger partial charge on any atom is 0.140 e. The third kappa shape index (κ3) is 2.92. The van der Waals surface area contributed by atoms with Crippen LogP contribution in [-0.2, 0) is 5.41 Å². The molecule has 1 aliphatic carbocycles. The number of ketones is 1. The first kappa shape index (κ1) is 14.7. The molecule has 1 nitrogen and oxygen atoms in total. The first-order valence-electron chi connectivity index (χ1n) is 7.15. The van der Waals surface area contributed by atoms with Crippen molar-refractivity contribution >= 4 is 15.0 Å². The van der Waals surface area contributed by atoms with Crippen LogP contribution in [0.1, 0.15) is 67.9 Å². The second-order valence-corrected chi connectivity index (χ2v) is 7.86. The van der Waals surface area contributed by atoms with E-state index in [0.717, 1.165) is 36.8 Å². The quantitative estimate of drug-likeness (QED) is 0.552. The Balaban J connectivity index is 2.34. The Bertz CT molecular complexity index is 490. The zero-order valence-electron chi connectivity index (χ0n) is 12.5. The van der Waals surface area contributed by atoms with Crippen molar-refractivity contribution in [3.8, 4) is 0 Å². The fourth-order valence-corrected chi connectivity index (χ4v) is 3.34. The van der Waals surface area contributed by atoms with Gasteiger partial charge in [-0.3, -0.25) is 4.79 Å². The Morgan fingerprint density at radius 1 is 1.21 bits per heavy atom. The number of rotatable bonds is 2. The minimum absolute atomic E-state index is 0.130. The van der Waals surface area contributed by atoms with Gasteiger partial charge in [-0.25, -0.2) is 0 Å². The molecule has 1 aromatic carbocycles. The number of carbonyl (C=O) groups is 1. The maximum atomic E-state index is 12.7. The van der Waals surface area contributed by atoms with Gasteiger partial charge in [0.1, 0.15) is 5.78 Å². The Morgan fingerprint density at radius 2 is 1.79 bits per heavy atom. The van der Waals surface area contributed by atoms with E-state index in [2.05, 4.69) is 42.1 Å². The van der Waals surface area contributed by atoms with Crippen molar-refractivity contribution in [1.29, 1.82) is 0 Å². The van der Waals surface area contributed by atoms with Crippen LogP contribution < -0.4 is 0 Å². The molecule has 0 radical (unpaired) electrons. The molecule has 0 amide bonds. The highest BCUT2D eigenvalue weighted by molar-refractivity contribution is 7.21. The molecule has 0 aromatic heterocycles. The minimum atomic E-state index is -0.311. The van der Waals surface area contributed by atoms with E-state index in [1.807, 2.05) is 13.0 Å². The fraction of sp³-hybridized carbons (Fsp3) is 0.588. The van der Waals surface area contributed by atoms with Crippen LogP contribution >= 0.6 is 9.24 Å². The molecule has 104 valence electrons. The smallest absolute Gasteiger partial charge is 0.140 e. The van der Waals surface area contributed by atoms with Gasteiger partial charge in [-0.15, -0.1) is 0 Å². The van der Waals surface area contributed by atoms with Crippen LogP contribution in [0.25, 0.3) is 0 Å². The minimum Gasteiger partial charge on any atom is -0.543 e. The van der Waals surface area contributed by atoms with Gasteiger partial charge in [-0.1, -0.05) is 69.8 Å². The lowest BCUT2D eigenvalue weighted by Gasteiger charge is -2.33. The molecule has 0 aliphatic heterocycles. The average molecular weight is 275 g/mol. The van der Waals surface area contributed by atoms with Crippen molar-refractivity contribution in [1.82, 2.24) is 0 Å². The Hall–Kier alpha value is -0.680. The van der Waals surface area contributed by atoms with Crippen molar-refractivity contribution < 1.29 is 4.79 Å². The molecular formula is C17H24OP-. The first-order chi connectivity index (χ1) is 8.74. The van der Waals surface area contributed by atoms with Crippen molar-refractivity contribution in [2.75, 3.05) is 0 Å². The second-order valence-electron chi connectivity index (χ2n) is 6.90. The summed E-state index contributed by atoms with van der Waals surface area (Å²) in [5.41, 5.74) is 3.40. The predicted octanol–water partition coefficient (Wildman–Crippen LogP) is 4.93. The average Bonchev–Trinajstić information content (AvgIpc) is 2.75. The Kier molecular flexibility index (Phi) is 3.89. The SMILES string of the molecule is Cc1cc(C(C)(C)C)ccc1C(=O)C1([PH-])CCCC1. The van der Waals surface area contributed by atoms with Crippen LogP contribution in [-0.4, -0.2) is 10.9 Å². The zero-order valence-corrected chi connectivity index (χ0v) is 13.5. The van der Waals surface area contributed by atoms with E-state index < -0.39 is 0 Å². The topological polar surface area (TPSA) is 17.1 Å². The largest absolute Gasteiger partial charge is 0.543 e. The molecule has 0 heterocycles. The van der Waals surface area contributed by atoms with E-state index >= 15 is 0 Å². The number of hydrogen-bond acceptors (Lipinski definition) is 1. The highest BCUT2D eigenvalue weighted by atomic mass is 31.0. The summed E-state index contributed by atoms with van der Waals surface area (Å²) >= 11 is 0. The number of carbonyl (C=O) groups excluding carboxylic acids is 1. The van der Waals surface area contributed by atoms with Gasteiger partial charge in [-0.05, 0) is 23.5 Å². The molecule has 0 saturated heterocycles. The molecule has 0 N–H and O–H groups in total. The zero-order chi connectivity index (χ0) is 14.3. The second kappa shape index (κ2) is 5.02. The van der Waals surface area contributed by atoms with E-state index in [0.29, 0.717) is 0 Å². The van der Waals surface area contributed by atoms with Crippen LogP contribution in [0.5, 0.6) is 0 Å². The monoisotopic (exact) mass is 275 g/mol. The van der Waals surface area contributed by atoms with Crippen molar-refractivity contribution in [3.05, 3.63) is 34.9 Å². The van der Waals surface area contributed by atoms with Gasteiger partial charge in [0, 0.05) is 5.56 Å². The highest BCUT2D eigenvalue weighted by Gasteiger charge is 2.30. The van der Waals surface area contributed by atoms with E-state index in [1.54, 1.807) is 0 Å². The molecule has 2 rings (SSSR count). The fourth-order valence-electron chi connectivity index (χ4n) is 2.85. The normalized spacial score (nSPS) is 18.6. The highest BCUT2D eigenvalue weighted by Crippen LogP contribution is 2.41. The Morgan fingerprint density at radius 3 is 2.26 bits per heavy atom. The summed E-state index contributed by atoms with van der Waals surface area (Å²) in [6.45, 7) is 8.65. The van der Waals surface area contributed by atoms with Crippen LogP contribution in [0.4, 0.5) is 0 Å². The van der Waals surface area contributed by atoms with Gasteiger partial charge in [0.05, 0.1) is 0 Å². The van der Waals surface area contributed by atoms with Gasteiger partial charge in [-0.2, -0.15) is 0 Å². The van der Waals surface area contributed by atoms with Gasteiger partial charge in [0.2, 0.25) is 0 Å². The first-order valence-corrected chi connectivity index (χ1v) is 7.65. The predicted molar refractivity (Wildman–Crippen MR) is 83.7 cm³/mol. The number of benzene rings is 1. The van der Waals surface area contributed by atoms with Crippen LogP contribution in [0.15, 0.2) is 18.2 Å². The summed E-state index contributed by atoms with van der Waals surface area (Å²) in [6.07, 6.45) is 4.22. The molecule has 1 aliphatic rings. The molecule has 0 atom stereocenters. The van der Waals surface area contributed by atoms with Gasteiger partial charge in [0.25, 0.3) is 0 Å². The molecule has 2 heteroatoms. The molecule has 0 unspecified atom stereocenters. The summed E-state index contributed by atoms with van der Waals surface area (Å²) in [4.78, 5) is 12.7. The van der Waals surface area contributed by atoms with Gasteiger partial charge < -0.3 is 9.24 Å². The van der Waals surface area contributed by atoms with E-state index in [4.69, 9.17) is 0 Å². The molecule has 0 spiro atoms. The Labute approximate surface area is 119 Å².